The van der Waals surface area contributed by atoms with Gasteiger partial charge in [-0.1, -0.05) is 18.2 Å². The average Bonchev–Trinajstić information content (AvgIpc) is 3.05. The Morgan fingerprint density at radius 2 is 1.92 bits per heavy atom. The van der Waals surface area contributed by atoms with Gasteiger partial charge in [0, 0.05) is 16.3 Å². The molecule has 0 fully saturated rings. The number of amides is 1. The monoisotopic (exact) mass is 372 g/mol. The Kier molecular flexibility index (Phi) is 4.84. The third kappa shape index (κ3) is 3.41. The normalized spacial score (nSPS) is 17.4. The minimum absolute atomic E-state index is 0.0707. The summed E-state index contributed by atoms with van der Waals surface area (Å²) in [5, 5.41) is 10.5. The highest BCUT2D eigenvalue weighted by molar-refractivity contribution is 7.99. The van der Waals surface area contributed by atoms with E-state index in [1.807, 2.05) is 24.3 Å². The van der Waals surface area contributed by atoms with Gasteiger partial charge in [0.15, 0.2) is 9.84 Å². The van der Waals surface area contributed by atoms with Crippen molar-refractivity contribution in [3.63, 3.8) is 0 Å². The van der Waals surface area contributed by atoms with Gasteiger partial charge in [-0.15, -0.1) is 11.8 Å². The van der Waals surface area contributed by atoms with Crippen LogP contribution in [0.25, 0.3) is 0 Å². The number of hydrogen-bond acceptors (Lipinski definition) is 5. The molecular formula is C18H16N2O3S2. The number of nitrogens with zero attached hydrogens (tertiary/aromatic N) is 1. The molecule has 1 aliphatic heterocycles. The van der Waals surface area contributed by atoms with Crippen molar-refractivity contribution in [2.45, 2.75) is 27.9 Å². The predicted octanol–water partition coefficient (Wildman–Crippen LogP) is 3.20. The van der Waals surface area contributed by atoms with Crippen molar-refractivity contribution in [2.75, 3.05) is 11.1 Å². The lowest BCUT2D eigenvalue weighted by atomic mass is 10.0. The molecule has 0 spiro atoms. The zero-order valence-corrected chi connectivity index (χ0v) is 15.1. The summed E-state index contributed by atoms with van der Waals surface area (Å²) in [6, 6.07) is 15.5. The molecule has 3 rings (SSSR count). The molecule has 0 saturated carbocycles. The lowest BCUT2D eigenvalue weighted by molar-refractivity contribution is -0.117. The van der Waals surface area contributed by atoms with Gasteiger partial charge in [0.2, 0.25) is 5.91 Å². The van der Waals surface area contributed by atoms with Crippen molar-refractivity contribution < 1.29 is 13.2 Å². The molecule has 25 heavy (non-hydrogen) atoms. The third-order valence-electron chi connectivity index (χ3n) is 4.11. The molecule has 1 heterocycles. The number of anilines is 1. The first-order valence-electron chi connectivity index (χ1n) is 7.69. The van der Waals surface area contributed by atoms with Crippen LogP contribution in [0.1, 0.15) is 18.4 Å². The molecule has 1 aliphatic rings. The van der Waals surface area contributed by atoms with Crippen molar-refractivity contribution in [3.05, 3.63) is 54.1 Å². The van der Waals surface area contributed by atoms with E-state index in [0.717, 1.165) is 10.5 Å². The average molecular weight is 372 g/mol. The van der Waals surface area contributed by atoms with Crippen LogP contribution in [0.3, 0.4) is 0 Å². The van der Waals surface area contributed by atoms with Crippen LogP contribution in [0.5, 0.6) is 0 Å². The SMILES string of the molecule is C[C@H](C#N)S(=O)(=O)c1ccc(NC(=O)[C@@H]2CSc3ccccc32)cc1. The van der Waals surface area contributed by atoms with E-state index in [1.54, 1.807) is 30.0 Å². The number of rotatable bonds is 4. The summed E-state index contributed by atoms with van der Waals surface area (Å²) in [5.74, 6) is 0.360. The number of nitriles is 1. The molecule has 2 aromatic carbocycles. The van der Waals surface area contributed by atoms with Gasteiger partial charge in [0.25, 0.3) is 0 Å². The van der Waals surface area contributed by atoms with Gasteiger partial charge in [0.05, 0.1) is 16.9 Å². The number of carbonyl (C=O) groups excluding carboxylic acids is 1. The lowest BCUT2D eigenvalue weighted by Gasteiger charge is -2.12. The van der Waals surface area contributed by atoms with E-state index in [1.165, 1.54) is 19.1 Å². The smallest absolute Gasteiger partial charge is 0.232 e. The van der Waals surface area contributed by atoms with Crippen molar-refractivity contribution in [1.29, 1.82) is 5.26 Å². The quantitative estimate of drug-likeness (QED) is 0.890. The molecule has 2 aromatic rings. The van der Waals surface area contributed by atoms with Crippen LogP contribution in [-0.4, -0.2) is 25.3 Å². The molecule has 1 N–H and O–H groups in total. The summed E-state index contributed by atoms with van der Waals surface area (Å²) in [6.07, 6.45) is 0. The first-order valence-corrected chi connectivity index (χ1v) is 10.2. The number of benzene rings is 2. The molecule has 0 unspecified atom stereocenters. The fourth-order valence-corrected chi connectivity index (χ4v) is 4.90. The zero-order chi connectivity index (χ0) is 18.0. The summed E-state index contributed by atoms with van der Waals surface area (Å²) in [4.78, 5) is 13.7. The van der Waals surface area contributed by atoms with Gasteiger partial charge >= 0.3 is 0 Å². The molecule has 0 bridgehead atoms. The fourth-order valence-electron chi connectivity index (χ4n) is 2.61. The third-order valence-corrected chi connectivity index (χ3v) is 7.26. The van der Waals surface area contributed by atoms with Gasteiger partial charge in [-0.25, -0.2) is 8.42 Å². The number of fused-ring (bicyclic) bond motifs is 1. The van der Waals surface area contributed by atoms with Crippen LogP contribution in [0.4, 0.5) is 5.69 Å². The van der Waals surface area contributed by atoms with E-state index in [0.29, 0.717) is 11.4 Å². The summed E-state index contributed by atoms with van der Waals surface area (Å²) < 4.78 is 24.3. The van der Waals surface area contributed by atoms with Crippen molar-refractivity contribution in [3.8, 4) is 6.07 Å². The molecule has 0 aromatic heterocycles. The van der Waals surface area contributed by atoms with Gasteiger partial charge in [-0.2, -0.15) is 5.26 Å². The Labute approximate surface area is 151 Å². The maximum absolute atomic E-state index is 12.5. The maximum Gasteiger partial charge on any atom is 0.232 e. The van der Waals surface area contributed by atoms with Crippen LogP contribution in [0, 0.1) is 11.3 Å². The summed E-state index contributed by atoms with van der Waals surface area (Å²) >= 11 is 1.66. The Bertz CT molecular complexity index is 947. The minimum Gasteiger partial charge on any atom is -0.326 e. The van der Waals surface area contributed by atoms with E-state index < -0.39 is 15.1 Å². The van der Waals surface area contributed by atoms with Crippen molar-refractivity contribution in [2.24, 2.45) is 0 Å². The second kappa shape index (κ2) is 6.90. The lowest BCUT2D eigenvalue weighted by Crippen LogP contribution is -2.21. The summed E-state index contributed by atoms with van der Waals surface area (Å²) in [6.45, 7) is 1.35. The molecule has 2 atom stereocenters. The molecule has 0 aliphatic carbocycles. The standard InChI is InChI=1S/C18H16N2O3S2/c1-12(10-19)25(22,23)14-8-6-13(7-9-14)20-18(21)16-11-24-17-5-3-2-4-15(16)17/h2-9,12,16H,11H2,1H3,(H,20,21)/t12-,16-/m1/s1. The fraction of sp³-hybridized carbons (Fsp3) is 0.222. The van der Waals surface area contributed by atoms with Crippen LogP contribution < -0.4 is 5.32 Å². The van der Waals surface area contributed by atoms with E-state index in [2.05, 4.69) is 5.32 Å². The number of thioether (sulfide) groups is 1. The molecular weight excluding hydrogens is 356 g/mol. The van der Waals surface area contributed by atoms with Gasteiger partial charge in [-0.05, 0) is 42.8 Å². The number of hydrogen-bond donors (Lipinski definition) is 1. The zero-order valence-electron chi connectivity index (χ0n) is 13.5. The van der Waals surface area contributed by atoms with Crippen LogP contribution >= 0.6 is 11.8 Å². The molecule has 7 heteroatoms. The minimum atomic E-state index is -3.67. The molecule has 0 radical (unpaired) electrons. The molecule has 0 saturated heterocycles. The molecule has 5 nitrogen and oxygen atoms in total. The van der Waals surface area contributed by atoms with E-state index in [4.69, 9.17) is 5.26 Å². The van der Waals surface area contributed by atoms with Crippen molar-refractivity contribution in [1.82, 2.24) is 0 Å². The van der Waals surface area contributed by atoms with Gasteiger partial charge < -0.3 is 5.32 Å². The largest absolute Gasteiger partial charge is 0.326 e. The topological polar surface area (TPSA) is 87.0 Å². The highest BCUT2D eigenvalue weighted by Crippen LogP contribution is 2.39. The number of sulfone groups is 1. The Morgan fingerprint density at radius 1 is 1.24 bits per heavy atom. The predicted molar refractivity (Wildman–Crippen MR) is 97.2 cm³/mol. The van der Waals surface area contributed by atoms with E-state index >= 15 is 0 Å². The Morgan fingerprint density at radius 3 is 2.60 bits per heavy atom. The number of carbonyl (C=O) groups is 1. The van der Waals surface area contributed by atoms with Gasteiger partial charge in [-0.3, -0.25) is 4.79 Å². The second-order valence-electron chi connectivity index (χ2n) is 5.73. The van der Waals surface area contributed by atoms with Crippen LogP contribution in [-0.2, 0) is 14.6 Å². The van der Waals surface area contributed by atoms with Gasteiger partial charge in [0.1, 0.15) is 5.25 Å². The summed E-state index contributed by atoms with van der Waals surface area (Å²) in [7, 11) is -3.67. The highest BCUT2D eigenvalue weighted by atomic mass is 32.2. The van der Waals surface area contributed by atoms with Crippen LogP contribution in [0.2, 0.25) is 0 Å². The van der Waals surface area contributed by atoms with Crippen LogP contribution in [0.15, 0.2) is 58.3 Å². The van der Waals surface area contributed by atoms with E-state index in [9.17, 15) is 13.2 Å². The Hall–Kier alpha value is -2.30. The second-order valence-corrected chi connectivity index (χ2v) is 9.06. The van der Waals surface area contributed by atoms with Crippen molar-refractivity contribution >= 4 is 33.2 Å². The first-order chi connectivity index (χ1) is 11.9. The molecule has 1 amide bonds. The van der Waals surface area contributed by atoms with E-state index in [-0.39, 0.29) is 16.7 Å². The Balaban J connectivity index is 1.75. The molecule has 128 valence electrons. The number of nitrogens with one attached hydrogen (secondary N) is 1. The summed E-state index contributed by atoms with van der Waals surface area (Å²) in [5.41, 5.74) is 1.55. The first kappa shape index (κ1) is 17.5. The maximum atomic E-state index is 12.5. The highest BCUT2D eigenvalue weighted by Gasteiger charge is 2.29.